The van der Waals surface area contributed by atoms with Gasteiger partial charge in [0.25, 0.3) is 11.5 Å². The molecule has 0 saturated carbocycles. The first-order valence-electron chi connectivity index (χ1n) is 5.52. The average Bonchev–Trinajstić information content (AvgIpc) is 2.76. The number of hydrogen-bond donors (Lipinski definition) is 3. The number of carbonyl (C=O) groups is 1. The molecule has 2 aromatic heterocycles. The summed E-state index contributed by atoms with van der Waals surface area (Å²) >= 11 is 6.96. The van der Waals surface area contributed by atoms with Crippen molar-refractivity contribution in [2.45, 2.75) is 13.5 Å². The Morgan fingerprint density at radius 2 is 2.25 bits per heavy atom. The van der Waals surface area contributed by atoms with Crippen molar-refractivity contribution in [1.82, 2.24) is 15.0 Å². The van der Waals surface area contributed by atoms with E-state index >= 15 is 0 Å². The third-order valence-corrected chi connectivity index (χ3v) is 4.04. The molecule has 2 aromatic rings. The SMILES string of the molecule is Cc1sc(C(=O)NN)cc1Cn1cc(Cl)c(=O)[nH]c1=O. The Bertz CT molecular complexity index is 777. The lowest BCUT2D eigenvalue weighted by molar-refractivity contribution is 0.0957. The monoisotopic (exact) mass is 314 g/mol. The number of thiophene rings is 1. The predicted octanol–water partition coefficient (Wildman–Crippen LogP) is 0.212. The lowest BCUT2D eigenvalue weighted by Crippen LogP contribution is -2.30. The van der Waals surface area contributed by atoms with Crippen LogP contribution in [0.2, 0.25) is 5.02 Å². The van der Waals surface area contributed by atoms with Gasteiger partial charge in [-0.2, -0.15) is 0 Å². The Balaban J connectivity index is 2.38. The summed E-state index contributed by atoms with van der Waals surface area (Å²) in [5, 5.41) is -0.0718. The van der Waals surface area contributed by atoms with Gasteiger partial charge in [-0.15, -0.1) is 11.3 Å². The first kappa shape index (κ1) is 14.5. The molecule has 0 radical (unpaired) electrons. The van der Waals surface area contributed by atoms with Crippen molar-refractivity contribution in [3.63, 3.8) is 0 Å². The molecule has 0 aliphatic carbocycles. The summed E-state index contributed by atoms with van der Waals surface area (Å²) in [5.41, 5.74) is 1.64. The second-order valence-electron chi connectivity index (χ2n) is 4.03. The molecule has 1 amide bonds. The third kappa shape index (κ3) is 2.82. The van der Waals surface area contributed by atoms with Gasteiger partial charge in [0.1, 0.15) is 5.02 Å². The summed E-state index contributed by atoms with van der Waals surface area (Å²) in [6, 6.07) is 1.65. The smallest absolute Gasteiger partial charge is 0.295 e. The highest BCUT2D eigenvalue weighted by atomic mass is 35.5. The first-order chi connectivity index (χ1) is 9.42. The van der Waals surface area contributed by atoms with E-state index in [-0.39, 0.29) is 11.6 Å². The van der Waals surface area contributed by atoms with Crippen LogP contribution < -0.4 is 22.5 Å². The molecule has 20 heavy (non-hydrogen) atoms. The molecule has 9 heteroatoms. The Hall–Kier alpha value is -1.90. The van der Waals surface area contributed by atoms with Crippen LogP contribution >= 0.6 is 22.9 Å². The number of nitrogens with zero attached hydrogens (tertiary/aromatic N) is 1. The molecule has 7 nitrogen and oxygen atoms in total. The second kappa shape index (κ2) is 5.61. The maximum atomic E-state index is 11.7. The Morgan fingerprint density at radius 1 is 1.55 bits per heavy atom. The highest BCUT2D eigenvalue weighted by Gasteiger charge is 2.12. The Kier molecular flexibility index (Phi) is 4.07. The number of hydrazine groups is 1. The maximum Gasteiger partial charge on any atom is 0.328 e. The molecule has 0 unspecified atom stereocenters. The zero-order valence-corrected chi connectivity index (χ0v) is 12.0. The van der Waals surface area contributed by atoms with Crippen molar-refractivity contribution >= 4 is 28.8 Å². The van der Waals surface area contributed by atoms with E-state index in [4.69, 9.17) is 17.4 Å². The quantitative estimate of drug-likeness (QED) is 0.427. The minimum absolute atomic E-state index is 0.0718. The molecule has 0 spiro atoms. The van der Waals surface area contributed by atoms with Gasteiger partial charge in [0.05, 0.1) is 11.4 Å². The highest BCUT2D eigenvalue weighted by molar-refractivity contribution is 7.14. The van der Waals surface area contributed by atoms with Gasteiger partial charge in [0.2, 0.25) is 0 Å². The van der Waals surface area contributed by atoms with Crippen LogP contribution in [-0.4, -0.2) is 15.5 Å². The zero-order chi connectivity index (χ0) is 14.9. The summed E-state index contributed by atoms with van der Waals surface area (Å²) in [7, 11) is 0. The predicted molar refractivity (Wildman–Crippen MR) is 76.1 cm³/mol. The van der Waals surface area contributed by atoms with E-state index in [2.05, 4.69) is 4.98 Å². The normalized spacial score (nSPS) is 10.6. The van der Waals surface area contributed by atoms with Crippen molar-refractivity contribution in [3.8, 4) is 0 Å². The van der Waals surface area contributed by atoms with E-state index in [9.17, 15) is 14.4 Å². The van der Waals surface area contributed by atoms with Crippen LogP contribution in [0.1, 0.15) is 20.1 Å². The van der Waals surface area contributed by atoms with Gasteiger partial charge in [-0.25, -0.2) is 10.6 Å². The molecular formula is C11H11ClN4O3S. The zero-order valence-electron chi connectivity index (χ0n) is 10.4. The van der Waals surface area contributed by atoms with Crippen molar-refractivity contribution in [1.29, 1.82) is 0 Å². The van der Waals surface area contributed by atoms with Gasteiger partial charge < -0.3 is 0 Å². The summed E-state index contributed by atoms with van der Waals surface area (Å²) < 4.78 is 1.27. The number of nitrogens with one attached hydrogen (secondary N) is 2. The number of rotatable bonds is 3. The van der Waals surface area contributed by atoms with Gasteiger partial charge >= 0.3 is 5.69 Å². The fraction of sp³-hybridized carbons (Fsp3) is 0.182. The summed E-state index contributed by atoms with van der Waals surface area (Å²) in [5.74, 6) is 4.68. The molecule has 2 rings (SSSR count). The van der Waals surface area contributed by atoms with Gasteiger partial charge in [-0.1, -0.05) is 11.6 Å². The van der Waals surface area contributed by atoms with E-state index in [0.717, 1.165) is 10.4 Å². The van der Waals surface area contributed by atoms with Crippen molar-refractivity contribution in [3.05, 3.63) is 53.4 Å². The summed E-state index contributed by atoms with van der Waals surface area (Å²) in [6.45, 7) is 2.03. The Morgan fingerprint density at radius 3 is 2.90 bits per heavy atom. The van der Waals surface area contributed by atoms with Gasteiger partial charge in [-0.3, -0.25) is 24.6 Å². The molecule has 0 bridgehead atoms. The molecule has 0 saturated heterocycles. The van der Waals surface area contributed by atoms with E-state index in [1.54, 1.807) is 6.07 Å². The number of hydrogen-bond acceptors (Lipinski definition) is 5. The standard InChI is InChI=1S/C11H11ClN4O3S/c1-5-6(2-8(20-5)10(18)15-13)3-16-4-7(12)9(17)14-11(16)19/h2,4H,3,13H2,1H3,(H,15,18)(H,14,17,19). The second-order valence-corrected chi connectivity index (χ2v) is 5.69. The molecule has 0 aliphatic heterocycles. The molecular weight excluding hydrogens is 304 g/mol. The van der Waals surface area contributed by atoms with Crippen LogP contribution in [0.5, 0.6) is 0 Å². The molecule has 2 heterocycles. The molecule has 0 aromatic carbocycles. The first-order valence-corrected chi connectivity index (χ1v) is 6.71. The van der Waals surface area contributed by atoms with Crippen LogP contribution in [0.15, 0.2) is 21.9 Å². The van der Waals surface area contributed by atoms with Crippen molar-refractivity contribution in [2.75, 3.05) is 0 Å². The van der Waals surface area contributed by atoms with Crippen LogP contribution in [0.4, 0.5) is 0 Å². The highest BCUT2D eigenvalue weighted by Crippen LogP contribution is 2.22. The number of nitrogens with two attached hydrogens (primary N) is 1. The molecule has 0 fully saturated rings. The average molecular weight is 315 g/mol. The Labute approximate surface area is 122 Å². The van der Waals surface area contributed by atoms with Crippen molar-refractivity contribution in [2.24, 2.45) is 5.84 Å². The lowest BCUT2D eigenvalue weighted by Gasteiger charge is -2.04. The van der Waals surface area contributed by atoms with E-state index in [0.29, 0.717) is 4.88 Å². The summed E-state index contributed by atoms with van der Waals surface area (Å²) in [6.07, 6.45) is 1.27. The summed E-state index contributed by atoms with van der Waals surface area (Å²) in [4.78, 5) is 37.7. The van der Waals surface area contributed by atoms with E-state index in [1.807, 2.05) is 12.3 Å². The third-order valence-electron chi connectivity index (χ3n) is 2.68. The van der Waals surface area contributed by atoms with Gasteiger partial charge in [0.15, 0.2) is 0 Å². The number of carbonyl (C=O) groups excluding carboxylic acids is 1. The topological polar surface area (TPSA) is 110 Å². The van der Waals surface area contributed by atoms with Crippen LogP contribution in [-0.2, 0) is 6.54 Å². The number of amides is 1. The van der Waals surface area contributed by atoms with E-state index in [1.165, 1.54) is 22.1 Å². The van der Waals surface area contributed by atoms with Gasteiger partial charge in [0, 0.05) is 11.1 Å². The van der Waals surface area contributed by atoms with E-state index < -0.39 is 17.2 Å². The number of aromatic amines is 1. The lowest BCUT2D eigenvalue weighted by atomic mass is 10.2. The van der Waals surface area contributed by atoms with Crippen LogP contribution in [0, 0.1) is 6.92 Å². The molecule has 106 valence electrons. The maximum absolute atomic E-state index is 11.7. The number of H-pyrrole nitrogens is 1. The molecule has 0 aliphatic rings. The largest absolute Gasteiger partial charge is 0.328 e. The fourth-order valence-corrected chi connectivity index (χ4v) is 2.75. The number of aromatic nitrogens is 2. The minimum Gasteiger partial charge on any atom is -0.295 e. The number of nitrogen functional groups attached to an aromatic ring is 1. The van der Waals surface area contributed by atoms with Crippen LogP contribution in [0.3, 0.4) is 0 Å². The molecule has 0 atom stereocenters. The van der Waals surface area contributed by atoms with Gasteiger partial charge in [-0.05, 0) is 18.6 Å². The van der Waals surface area contributed by atoms with Crippen LogP contribution in [0.25, 0.3) is 0 Å². The minimum atomic E-state index is -0.627. The number of halogens is 1. The fourth-order valence-electron chi connectivity index (χ4n) is 1.64. The molecule has 4 N–H and O–H groups in total. The number of aryl methyl sites for hydroxylation is 1. The van der Waals surface area contributed by atoms with Crippen molar-refractivity contribution < 1.29 is 4.79 Å².